The molecule has 100 valence electrons. The highest BCUT2D eigenvalue weighted by atomic mass is 35.5. The van der Waals surface area contributed by atoms with E-state index in [-0.39, 0.29) is 5.91 Å². The zero-order valence-corrected chi connectivity index (χ0v) is 10.8. The number of rotatable bonds is 1. The van der Waals surface area contributed by atoms with E-state index in [4.69, 9.17) is 11.6 Å². The standard InChI is InChI=1S/C15H8ClF2NO/c16-9-2-3-10-11(15(20)19-14(10)7-9)5-8-1-4-12(17)13(18)6-8/h1-7H,(H,19,20)/b11-5+. The van der Waals surface area contributed by atoms with Gasteiger partial charge in [0.15, 0.2) is 11.6 Å². The molecule has 3 rings (SSSR count). The summed E-state index contributed by atoms with van der Waals surface area (Å²) < 4.78 is 26.1. The molecule has 0 saturated carbocycles. The van der Waals surface area contributed by atoms with Crippen LogP contribution in [0.15, 0.2) is 36.4 Å². The Morgan fingerprint density at radius 1 is 1.05 bits per heavy atom. The van der Waals surface area contributed by atoms with Gasteiger partial charge in [0.25, 0.3) is 5.91 Å². The molecular formula is C15H8ClF2NO. The van der Waals surface area contributed by atoms with Gasteiger partial charge in [-0.3, -0.25) is 4.79 Å². The van der Waals surface area contributed by atoms with Gasteiger partial charge in [0.2, 0.25) is 0 Å². The van der Waals surface area contributed by atoms with E-state index in [2.05, 4.69) is 5.32 Å². The first-order chi connectivity index (χ1) is 9.54. The van der Waals surface area contributed by atoms with Crippen molar-refractivity contribution in [3.05, 3.63) is 64.2 Å². The van der Waals surface area contributed by atoms with E-state index in [1.807, 2.05) is 0 Å². The van der Waals surface area contributed by atoms with Crippen LogP contribution >= 0.6 is 11.6 Å². The molecule has 0 aliphatic carbocycles. The first-order valence-corrected chi connectivity index (χ1v) is 6.20. The molecule has 20 heavy (non-hydrogen) atoms. The monoisotopic (exact) mass is 291 g/mol. The van der Waals surface area contributed by atoms with Crippen LogP contribution < -0.4 is 5.32 Å². The lowest BCUT2D eigenvalue weighted by molar-refractivity contribution is -0.110. The first-order valence-electron chi connectivity index (χ1n) is 5.82. The van der Waals surface area contributed by atoms with Crippen molar-refractivity contribution in [3.8, 4) is 0 Å². The second-order valence-corrected chi connectivity index (χ2v) is 4.81. The van der Waals surface area contributed by atoms with Gasteiger partial charge >= 0.3 is 0 Å². The van der Waals surface area contributed by atoms with Crippen LogP contribution in [0.5, 0.6) is 0 Å². The van der Waals surface area contributed by atoms with Crippen LogP contribution in [-0.2, 0) is 4.79 Å². The van der Waals surface area contributed by atoms with Crippen molar-refractivity contribution in [3.63, 3.8) is 0 Å². The second-order valence-electron chi connectivity index (χ2n) is 4.38. The Kier molecular flexibility index (Phi) is 3.03. The Bertz CT molecular complexity index is 756. The third-order valence-corrected chi connectivity index (χ3v) is 3.25. The predicted molar refractivity (Wildman–Crippen MR) is 74.3 cm³/mol. The van der Waals surface area contributed by atoms with Crippen molar-refractivity contribution in [2.24, 2.45) is 0 Å². The Balaban J connectivity index is 2.08. The van der Waals surface area contributed by atoms with E-state index in [1.54, 1.807) is 18.2 Å². The number of hydrogen-bond acceptors (Lipinski definition) is 1. The van der Waals surface area contributed by atoms with Crippen LogP contribution in [-0.4, -0.2) is 5.91 Å². The van der Waals surface area contributed by atoms with Crippen molar-refractivity contribution >= 4 is 34.8 Å². The van der Waals surface area contributed by atoms with Gasteiger partial charge < -0.3 is 5.32 Å². The summed E-state index contributed by atoms with van der Waals surface area (Å²) in [6.45, 7) is 0. The van der Waals surface area contributed by atoms with Crippen molar-refractivity contribution in [2.45, 2.75) is 0 Å². The van der Waals surface area contributed by atoms with Crippen LogP contribution in [0, 0.1) is 11.6 Å². The maximum atomic E-state index is 13.2. The predicted octanol–water partition coefficient (Wildman–Crippen LogP) is 4.11. The van der Waals surface area contributed by atoms with Crippen molar-refractivity contribution in [1.29, 1.82) is 0 Å². The molecule has 2 aromatic rings. The molecule has 0 atom stereocenters. The normalized spacial score (nSPS) is 15.3. The van der Waals surface area contributed by atoms with Crippen LogP contribution in [0.3, 0.4) is 0 Å². The molecule has 1 N–H and O–H groups in total. The van der Waals surface area contributed by atoms with Crippen molar-refractivity contribution in [1.82, 2.24) is 0 Å². The molecule has 5 heteroatoms. The molecule has 2 aromatic carbocycles. The smallest absolute Gasteiger partial charge is 0.256 e. The van der Waals surface area contributed by atoms with Crippen LogP contribution in [0.4, 0.5) is 14.5 Å². The van der Waals surface area contributed by atoms with E-state index in [9.17, 15) is 13.6 Å². The molecule has 2 nitrogen and oxygen atoms in total. The van der Waals surface area contributed by atoms with Crippen LogP contribution in [0.1, 0.15) is 11.1 Å². The van der Waals surface area contributed by atoms with Gasteiger partial charge in [-0.2, -0.15) is 0 Å². The van der Waals surface area contributed by atoms with Gasteiger partial charge in [-0.25, -0.2) is 8.78 Å². The average molecular weight is 292 g/mol. The summed E-state index contributed by atoms with van der Waals surface area (Å²) in [6.07, 6.45) is 1.51. The van der Waals surface area contributed by atoms with E-state index in [1.165, 1.54) is 12.1 Å². The summed E-state index contributed by atoms with van der Waals surface area (Å²) in [5, 5.41) is 3.19. The molecule has 0 unspecified atom stereocenters. The number of carbonyl (C=O) groups is 1. The fourth-order valence-electron chi connectivity index (χ4n) is 2.08. The van der Waals surface area contributed by atoms with E-state index >= 15 is 0 Å². The topological polar surface area (TPSA) is 29.1 Å². The minimum absolute atomic E-state index is 0.299. The number of fused-ring (bicyclic) bond motifs is 1. The van der Waals surface area contributed by atoms with Gasteiger partial charge in [-0.05, 0) is 35.9 Å². The van der Waals surface area contributed by atoms with Gasteiger partial charge in [0.05, 0.1) is 5.69 Å². The summed E-state index contributed by atoms with van der Waals surface area (Å²) in [5.41, 5.74) is 2.10. The summed E-state index contributed by atoms with van der Waals surface area (Å²) in [6, 6.07) is 8.50. The Morgan fingerprint density at radius 3 is 2.60 bits per heavy atom. The third kappa shape index (κ3) is 2.18. The highest BCUT2D eigenvalue weighted by molar-refractivity contribution is 6.36. The molecule has 0 radical (unpaired) electrons. The molecule has 1 aliphatic heterocycles. The lowest BCUT2D eigenvalue weighted by Gasteiger charge is -2.00. The van der Waals surface area contributed by atoms with Crippen LogP contribution in [0.2, 0.25) is 5.02 Å². The average Bonchev–Trinajstić information content (AvgIpc) is 2.69. The number of halogens is 3. The summed E-state index contributed by atoms with van der Waals surface area (Å²) in [4.78, 5) is 11.9. The zero-order valence-electron chi connectivity index (χ0n) is 10.1. The van der Waals surface area contributed by atoms with Crippen molar-refractivity contribution < 1.29 is 13.6 Å². The summed E-state index contributed by atoms with van der Waals surface area (Å²) in [7, 11) is 0. The van der Waals surface area contributed by atoms with Gasteiger partial charge in [-0.15, -0.1) is 0 Å². The number of carbonyl (C=O) groups excluding carboxylic acids is 1. The fourth-order valence-corrected chi connectivity index (χ4v) is 2.25. The maximum Gasteiger partial charge on any atom is 0.256 e. The number of amides is 1. The highest BCUT2D eigenvalue weighted by Crippen LogP contribution is 2.34. The first kappa shape index (κ1) is 12.8. The summed E-state index contributed by atoms with van der Waals surface area (Å²) in [5.74, 6) is -2.17. The number of nitrogens with one attached hydrogen (secondary N) is 1. The third-order valence-electron chi connectivity index (χ3n) is 3.02. The SMILES string of the molecule is O=C1Nc2cc(Cl)ccc2/C1=C\c1ccc(F)c(F)c1. The minimum Gasteiger partial charge on any atom is -0.321 e. The highest BCUT2D eigenvalue weighted by Gasteiger charge is 2.24. The molecule has 1 aliphatic rings. The van der Waals surface area contributed by atoms with E-state index in [0.29, 0.717) is 27.4 Å². The lowest BCUT2D eigenvalue weighted by atomic mass is 10.0. The molecule has 0 saturated heterocycles. The molecule has 0 bridgehead atoms. The van der Waals surface area contributed by atoms with E-state index < -0.39 is 11.6 Å². The quantitative estimate of drug-likeness (QED) is 0.787. The number of anilines is 1. The largest absolute Gasteiger partial charge is 0.321 e. The molecule has 0 fully saturated rings. The molecule has 1 amide bonds. The molecular weight excluding hydrogens is 284 g/mol. The van der Waals surface area contributed by atoms with Gasteiger partial charge in [-0.1, -0.05) is 23.7 Å². The maximum absolute atomic E-state index is 13.2. The Morgan fingerprint density at radius 2 is 1.85 bits per heavy atom. The van der Waals surface area contributed by atoms with Crippen molar-refractivity contribution in [2.75, 3.05) is 5.32 Å². The Labute approximate surface area is 118 Å². The molecule has 0 spiro atoms. The van der Waals surface area contributed by atoms with E-state index in [0.717, 1.165) is 12.1 Å². The Hall–Kier alpha value is -2.20. The second kappa shape index (κ2) is 4.72. The molecule has 1 heterocycles. The number of benzene rings is 2. The van der Waals surface area contributed by atoms with Gasteiger partial charge in [0.1, 0.15) is 0 Å². The summed E-state index contributed by atoms with van der Waals surface area (Å²) >= 11 is 5.86. The minimum atomic E-state index is -0.950. The fraction of sp³-hybridized carbons (Fsp3) is 0. The number of hydrogen-bond donors (Lipinski definition) is 1. The zero-order chi connectivity index (χ0) is 14.3. The van der Waals surface area contributed by atoms with Crippen LogP contribution in [0.25, 0.3) is 11.6 Å². The van der Waals surface area contributed by atoms with Gasteiger partial charge in [0, 0.05) is 16.2 Å². The molecule has 0 aromatic heterocycles. The lowest BCUT2D eigenvalue weighted by Crippen LogP contribution is -2.03.